The van der Waals surface area contributed by atoms with Crippen LogP contribution in [-0.4, -0.2) is 23.1 Å². The highest BCUT2D eigenvalue weighted by Crippen LogP contribution is 2.00. The fourth-order valence-corrected chi connectivity index (χ4v) is 0.843. The second-order valence-corrected chi connectivity index (χ2v) is 2.55. The summed E-state index contributed by atoms with van der Waals surface area (Å²) in [4.78, 5) is 2.59. The van der Waals surface area contributed by atoms with Crippen LogP contribution in [0.5, 0.6) is 0 Å². The number of rotatable bonds is 5. The van der Waals surface area contributed by atoms with Crippen LogP contribution in [0.2, 0.25) is 0 Å². The van der Waals surface area contributed by atoms with Gasteiger partial charge in [-0.2, -0.15) is 0 Å². The van der Waals surface area contributed by atoms with Gasteiger partial charge in [0.1, 0.15) is 0 Å². The van der Waals surface area contributed by atoms with Gasteiger partial charge in [0.05, 0.1) is 6.10 Å². The van der Waals surface area contributed by atoms with E-state index in [1.807, 2.05) is 0 Å². The number of hydrogen-bond donors (Lipinski definition) is 1. The zero-order valence-corrected chi connectivity index (χ0v) is 7.16. The molecule has 1 atom stereocenters. The van der Waals surface area contributed by atoms with Crippen LogP contribution in [-0.2, 0) is 0 Å². The van der Waals surface area contributed by atoms with Crippen molar-refractivity contribution in [1.82, 2.24) is 0 Å². The minimum Gasteiger partial charge on any atom is -0.392 e. The molecule has 0 aliphatic heterocycles. The minimum atomic E-state index is -0.311. The number of azide groups is 1. The van der Waals surface area contributed by atoms with Crippen LogP contribution >= 0.6 is 15.9 Å². The molecule has 0 aromatic carbocycles. The Hall–Kier alpha value is -0.250. The number of aliphatic hydroxyl groups excluding tert-OH is 1. The molecule has 0 rings (SSSR count). The maximum absolute atomic E-state index is 8.98. The van der Waals surface area contributed by atoms with E-state index in [4.69, 9.17) is 10.6 Å². The van der Waals surface area contributed by atoms with Crippen molar-refractivity contribution in [3.05, 3.63) is 10.4 Å². The van der Waals surface area contributed by atoms with E-state index in [1.165, 1.54) is 0 Å². The van der Waals surface area contributed by atoms with Crippen LogP contribution in [0.25, 0.3) is 10.4 Å². The Kier molecular flexibility index (Phi) is 6.69. The number of hydrogen-bond acceptors (Lipinski definition) is 2. The highest BCUT2D eigenvalue weighted by atomic mass is 79.9. The van der Waals surface area contributed by atoms with Gasteiger partial charge < -0.3 is 5.11 Å². The molecule has 1 N–H and O–H groups in total. The lowest BCUT2D eigenvalue weighted by atomic mass is 10.2. The molecule has 0 saturated carbocycles. The second kappa shape index (κ2) is 6.86. The predicted octanol–water partition coefficient (Wildman–Crippen LogP) is 1.83. The number of aliphatic hydroxyl groups is 1. The van der Waals surface area contributed by atoms with Gasteiger partial charge in [-0.3, -0.25) is 0 Å². The van der Waals surface area contributed by atoms with Crippen molar-refractivity contribution in [2.45, 2.75) is 18.9 Å². The fraction of sp³-hybridized carbons (Fsp3) is 1.00. The molecule has 0 aromatic rings. The number of halogens is 1. The Morgan fingerprint density at radius 1 is 1.70 bits per heavy atom. The van der Waals surface area contributed by atoms with Gasteiger partial charge in [0.25, 0.3) is 0 Å². The third-order valence-electron chi connectivity index (χ3n) is 1.04. The molecule has 0 radical (unpaired) electrons. The maximum atomic E-state index is 8.98. The molecule has 10 heavy (non-hydrogen) atoms. The molecule has 0 aliphatic carbocycles. The minimum absolute atomic E-state index is 0.311. The zero-order valence-electron chi connectivity index (χ0n) is 5.57. The third-order valence-corrected chi connectivity index (χ3v) is 1.78. The Morgan fingerprint density at radius 3 is 2.90 bits per heavy atom. The normalized spacial score (nSPS) is 12.2. The summed E-state index contributed by atoms with van der Waals surface area (Å²) >= 11 is 3.13. The largest absolute Gasteiger partial charge is 0.392 e. The Morgan fingerprint density at radius 2 is 2.40 bits per heavy atom. The number of alkyl halides is 1. The van der Waals surface area contributed by atoms with E-state index in [2.05, 4.69) is 26.0 Å². The Balaban J connectivity index is 3.10. The van der Waals surface area contributed by atoms with Gasteiger partial charge in [-0.05, 0) is 18.4 Å². The summed E-state index contributed by atoms with van der Waals surface area (Å²) in [6.07, 6.45) is 1.12. The first-order chi connectivity index (χ1) is 4.81. The van der Waals surface area contributed by atoms with E-state index in [9.17, 15) is 0 Å². The summed E-state index contributed by atoms with van der Waals surface area (Å²) in [5, 5.41) is 12.9. The molecule has 0 heterocycles. The van der Waals surface area contributed by atoms with Crippen LogP contribution in [0.3, 0.4) is 0 Å². The summed E-state index contributed by atoms with van der Waals surface area (Å²) in [5.41, 5.74) is 7.88. The van der Waals surface area contributed by atoms with E-state index in [-0.39, 0.29) is 6.10 Å². The van der Waals surface area contributed by atoms with Crippen molar-refractivity contribution >= 4 is 15.9 Å². The molecule has 0 aliphatic rings. The quantitative estimate of drug-likeness (QED) is 0.242. The highest BCUT2D eigenvalue weighted by Gasteiger charge is 1.98. The van der Waals surface area contributed by atoms with E-state index in [0.717, 1.165) is 6.42 Å². The molecular weight excluding hydrogens is 198 g/mol. The van der Waals surface area contributed by atoms with Crippen LogP contribution in [0.15, 0.2) is 5.11 Å². The summed E-state index contributed by atoms with van der Waals surface area (Å²) < 4.78 is 0. The van der Waals surface area contributed by atoms with Gasteiger partial charge in [-0.1, -0.05) is 21.0 Å². The van der Waals surface area contributed by atoms with Crippen LogP contribution in [0, 0.1) is 0 Å². The van der Waals surface area contributed by atoms with Crippen molar-refractivity contribution < 1.29 is 5.11 Å². The van der Waals surface area contributed by atoms with Gasteiger partial charge in [-0.15, -0.1) is 0 Å². The molecule has 1 unspecified atom stereocenters. The lowest BCUT2D eigenvalue weighted by Crippen LogP contribution is -2.07. The van der Waals surface area contributed by atoms with Crippen molar-refractivity contribution in [3.8, 4) is 0 Å². The van der Waals surface area contributed by atoms with Gasteiger partial charge >= 0.3 is 0 Å². The van der Waals surface area contributed by atoms with E-state index >= 15 is 0 Å². The maximum Gasteiger partial charge on any atom is 0.0637 e. The molecule has 5 heteroatoms. The van der Waals surface area contributed by atoms with E-state index in [1.54, 1.807) is 0 Å². The molecule has 0 saturated heterocycles. The lowest BCUT2D eigenvalue weighted by molar-refractivity contribution is 0.188. The van der Waals surface area contributed by atoms with Gasteiger partial charge in [0, 0.05) is 16.8 Å². The topological polar surface area (TPSA) is 69.0 Å². The van der Waals surface area contributed by atoms with E-state index < -0.39 is 0 Å². The third kappa shape index (κ3) is 5.88. The average Bonchev–Trinajstić information content (AvgIpc) is 1.98. The summed E-state index contributed by atoms with van der Waals surface area (Å²) in [6.45, 7) is 0.473. The SMILES string of the molecule is [N-]=[N+]=NCCCC(O)CBr. The number of nitrogens with zero attached hydrogens (tertiary/aromatic N) is 3. The smallest absolute Gasteiger partial charge is 0.0637 e. The summed E-state index contributed by atoms with van der Waals surface area (Å²) in [5.74, 6) is 0. The fourth-order valence-electron chi connectivity index (χ4n) is 0.519. The molecule has 0 aromatic heterocycles. The van der Waals surface area contributed by atoms with Crippen LogP contribution < -0.4 is 0 Å². The van der Waals surface area contributed by atoms with Gasteiger partial charge in [0.15, 0.2) is 0 Å². The standard InChI is InChI=1S/C5H10BrN3O/c6-4-5(10)2-1-3-8-9-7/h5,10H,1-4H2. The molecule has 0 fully saturated rings. The molecule has 0 amide bonds. The molecular formula is C5H10BrN3O. The molecule has 4 nitrogen and oxygen atoms in total. The Bertz CT molecular complexity index is 124. The predicted molar refractivity (Wildman–Crippen MR) is 43.0 cm³/mol. The first kappa shape index (κ1) is 9.75. The Labute approximate surface area is 68.0 Å². The van der Waals surface area contributed by atoms with Crippen molar-refractivity contribution in [2.24, 2.45) is 5.11 Å². The van der Waals surface area contributed by atoms with Crippen LogP contribution in [0.4, 0.5) is 0 Å². The zero-order chi connectivity index (χ0) is 7.82. The molecule has 0 bridgehead atoms. The monoisotopic (exact) mass is 207 g/mol. The second-order valence-electron chi connectivity index (χ2n) is 1.90. The summed E-state index contributed by atoms with van der Waals surface area (Å²) in [7, 11) is 0. The van der Waals surface area contributed by atoms with Crippen molar-refractivity contribution in [2.75, 3.05) is 11.9 Å². The molecule has 0 spiro atoms. The lowest BCUT2D eigenvalue weighted by Gasteiger charge is -2.02. The first-order valence-electron chi connectivity index (χ1n) is 3.06. The highest BCUT2D eigenvalue weighted by molar-refractivity contribution is 9.09. The first-order valence-corrected chi connectivity index (χ1v) is 4.18. The van der Waals surface area contributed by atoms with Crippen LogP contribution in [0.1, 0.15) is 12.8 Å². The average molecular weight is 208 g/mol. The van der Waals surface area contributed by atoms with Gasteiger partial charge in [0.2, 0.25) is 0 Å². The van der Waals surface area contributed by atoms with Crippen molar-refractivity contribution in [1.29, 1.82) is 0 Å². The van der Waals surface area contributed by atoms with Gasteiger partial charge in [-0.25, -0.2) is 0 Å². The van der Waals surface area contributed by atoms with Crippen molar-refractivity contribution in [3.63, 3.8) is 0 Å². The summed E-state index contributed by atoms with van der Waals surface area (Å²) in [6, 6.07) is 0. The molecule has 58 valence electrons. The van der Waals surface area contributed by atoms with E-state index in [0.29, 0.717) is 18.3 Å².